The first-order valence-electron chi connectivity index (χ1n) is 2.73. The van der Waals surface area contributed by atoms with E-state index in [1.807, 2.05) is 13.8 Å². The first-order chi connectivity index (χ1) is 2.73. The molecule has 0 bridgehead atoms. The molecule has 0 N–H and O–H groups in total. The van der Waals surface area contributed by atoms with Gasteiger partial charge in [-0.1, -0.05) is 34.6 Å². The van der Waals surface area contributed by atoms with E-state index in [0.29, 0.717) is 0 Å². The summed E-state index contributed by atoms with van der Waals surface area (Å²) in [6.45, 7) is 10.5. The fraction of sp³-hybridized carbons (Fsp3) is 1.00. The van der Waals surface area contributed by atoms with Crippen LogP contribution in [0.15, 0.2) is 0 Å². The van der Waals surface area contributed by atoms with Gasteiger partial charge in [-0.3, -0.25) is 4.70 Å². The Kier molecular flexibility index (Phi) is 37.8. The van der Waals surface area contributed by atoms with E-state index in [2.05, 4.69) is 20.8 Å². The van der Waals surface area contributed by atoms with Crippen molar-refractivity contribution in [3.8, 4) is 0 Å². The minimum atomic E-state index is 0. The Balaban J connectivity index is -0.0000000480. The molecule has 0 fully saturated rings. The molecule has 0 nitrogen and oxygen atoms in total. The molecule has 0 aliphatic rings. The summed E-state index contributed by atoms with van der Waals surface area (Å²) in [5.74, 6) is 0.833. The van der Waals surface area contributed by atoms with Gasteiger partial charge in [0.05, 0.1) is 0 Å². The van der Waals surface area contributed by atoms with Crippen molar-refractivity contribution in [2.75, 3.05) is 0 Å². The minimum absolute atomic E-state index is 0. The molecule has 0 rings (SSSR count). The summed E-state index contributed by atoms with van der Waals surface area (Å²) >= 11 is 0. The average Bonchev–Trinajstić information content (AvgIpc) is 1.41. The Labute approximate surface area is 46.3 Å². The van der Waals surface area contributed by atoms with Crippen LogP contribution < -0.4 is 0 Å². The normalized spacial score (nSPS) is 6.00. The lowest BCUT2D eigenvalue weighted by atomic mass is 10.3. The van der Waals surface area contributed by atoms with Crippen LogP contribution in [-0.2, 0) is 0 Å². The molecule has 0 spiro atoms. The van der Waals surface area contributed by atoms with Gasteiger partial charge in [0.25, 0.3) is 0 Å². The van der Waals surface area contributed by atoms with Gasteiger partial charge in [-0.2, -0.15) is 0 Å². The zero-order chi connectivity index (χ0) is 5.58. The van der Waals surface area contributed by atoms with Gasteiger partial charge in [-0.25, -0.2) is 0 Å². The summed E-state index contributed by atoms with van der Waals surface area (Å²) in [4.78, 5) is 0. The zero-order valence-corrected chi connectivity index (χ0v) is 5.99. The van der Waals surface area contributed by atoms with E-state index in [-0.39, 0.29) is 4.70 Å². The summed E-state index contributed by atoms with van der Waals surface area (Å²) in [7, 11) is 0. The van der Waals surface area contributed by atoms with E-state index in [1.54, 1.807) is 0 Å². The second-order valence-electron chi connectivity index (χ2n) is 1.73. The highest BCUT2D eigenvalue weighted by atomic mass is 19.0. The van der Waals surface area contributed by atoms with E-state index >= 15 is 0 Å². The van der Waals surface area contributed by atoms with Crippen molar-refractivity contribution in [1.29, 1.82) is 0 Å². The molecular formula is C6H17F. The molecule has 0 saturated carbocycles. The Morgan fingerprint density at radius 2 is 0.857 bits per heavy atom. The quantitative estimate of drug-likeness (QED) is 0.447. The number of hydrogen-bond acceptors (Lipinski definition) is 0. The van der Waals surface area contributed by atoms with Crippen LogP contribution in [0.25, 0.3) is 0 Å². The maximum Gasteiger partial charge on any atom is -0.0500 e. The molecule has 0 heterocycles. The molecule has 1 heteroatoms. The molecule has 0 aliphatic heterocycles. The van der Waals surface area contributed by atoms with Gasteiger partial charge >= 0.3 is 0 Å². The third-order valence-corrected chi connectivity index (χ3v) is 0. The second-order valence-corrected chi connectivity index (χ2v) is 1.73. The highest BCUT2D eigenvalue weighted by molar-refractivity contribution is 4.20. The maximum atomic E-state index is 2.17. The van der Waals surface area contributed by atoms with Gasteiger partial charge in [0.15, 0.2) is 0 Å². The predicted octanol–water partition coefficient (Wildman–Crippen LogP) is 2.84. The van der Waals surface area contributed by atoms with Gasteiger partial charge < -0.3 is 0 Å². The highest BCUT2D eigenvalue weighted by Gasteiger charge is 1.68. The van der Waals surface area contributed by atoms with E-state index in [4.69, 9.17) is 0 Å². The van der Waals surface area contributed by atoms with Gasteiger partial charge in [-0.05, 0) is 5.92 Å². The molecule has 48 valence electrons. The average molecular weight is 108 g/mol. The van der Waals surface area contributed by atoms with E-state index < -0.39 is 0 Å². The van der Waals surface area contributed by atoms with Crippen molar-refractivity contribution in [3.63, 3.8) is 0 Å². The van der Waals surface area contributed by atoms with Gasteiger partial charge in [0.2, 0.25) is 0 Å². The Morgan fingerprint density at radius 1 is 0.857 bits per heavy atom. The lowest BCUT2D eigenvalue weighted by molar-refractivity contribution is 0.737. The molecule has 7 heavy (non-hydrogen) atoms. The fourth-order valence-corrected chi connectivity index (χ4v) is 0. The lowest BCUT2D eigenvalue weighted by Crippen LogP contribution is -1.66. The van der Waals surface area contributed by atoms with Gasteiger partial charge in [-0.15, -0.1) is 0 Å². The van der Waals surface area contributed by atoms with Crippen molar-refractivity contribution in [3.05, 3.63) is 0 Å². The monoisotopic (exact) mass is 108 g/mol. The van der Waals surface area contributed by atoms with Crippen LogP contribution >= 0.6 is 0 Å². The topological polar surface area (TPSA) is 0 Å². The molecule has 0 aromatic rings. The zero-order valence-electron chi connectivity index (χ0n) is 5.99. The summed E-state index contributed by atoms with van der Waals surface area (Å²) in [5, 5.41) is 0. The summed E-state index contributed by atoms with van der Waals surface area (Å²) in [6.07, 6.45) is 0. The molecule has 0 amide bonds. The SMILES string of the molecule is CC.CC(C)C.F. The third kappa shape index (κ3) is 18700. The van der Waals surface area contributed by atoms with Crippen molar-refractivity contribution in [2.45, 2.75) is 34.6 Å². The molecule has 0 aromatic heterocycles. The van der Waals surface area contributed by atoms with Crippen LogP contribution in [-0.4, -0.2) is 0 Å². The van der Waals surface area contributed by atoms with Crippen molar-refractivity contribution in [2.24, 2.45) is 5.92 Å². The molecule has 0 unspecified atom stereocenters. The molecular weight excluding hydrogens is 91.1 g/mol. The molecule has 0 aliphatic carbocycles. The van der Waals surface area contributed by atoms with Crippen LogP contribution in [0.3, 0.4) is 0 Å². The van der Waals surface area contributed by atoms with E-state index in [9.17, 15) is 0 Å². The van der Waals surface area contributed by atoms with E-state index in [1.165, 1.54) is 0 Å². The first kappa shape index (κ1) is 15.8. The van der Waals surface area contributed by atoms with Crippen LogP contribution in [0.4, 0.5) is 4.70 Å². The third-order valence-electron chi connectivity index (χ3n) is 0. The standard InChI is InChI=1S/C4H10.C2H6.FH/c1-4(2)3;1-2;/h4H,1-3H3;1-2H3;1H. The Bertz CT molecular complexity index is 8.90. The van der Waals surface area contributed by atoms with Crippen LogP contribution in [0.1, 0.15) is 34.6 Å². The summed E-state index contributed by atoms with van der Waals surface area (Å²) < 4.78 is 0. The number of rotatable bonds is 0. The van der Waals surface area contributed by atoms with E-state index in [0.717, 1.165) is 5.92 Å². The smallest absolute Gasteiger partial charge is 0.0500 e. The van der Waals surface area contributed by atoms with Gasteiger partial charge in [0, 0.05) is 0 Å². The summed E-state index contributed by atoms with van der Waals surface area (Å²) in [5.41, 5.74) is 0. The number of hydrogen-bond donors (Lipinski definition) is 0. The lowest BCUT2D eigenvalue weighted by Gasteiger charge is -1.79. The second kappa shape index (κ2) is 16.8. The van der Waals surface area contributed by atoms with Crippen LogP contribution in [0.5, 0.6) is 0 Å². The van der Waals surface area contributed by atoms with Crippen LogP contribution in [0.2, 0.25) is 0 Å². The number of halogens is 1. The molecule has 0 saturated heterocycles. The molecule has 0 radical (unpaired) electrons. The highest BCUT2D eigenvalue weighted by Crippen LogP contribution is 1.81. The summed E-state index contributed by atoms with van der Waals surface area (Å²) in [6, 6.07) is 0. The van der Waals surface area contributed by atoms with Crippen molar-refractivity contribution >= 4 is 0 Å². The van der Waals surface area contributed by atoms with Gasteiger partial charge in [0.1, 0.15) is 0 Å². The molecule has 0 atom stereocenters. The predicted molar refractivity (Wildman–Crippen MR) is 34.4 cm³/mol. The maximum absolute atomic E-state index is 2.17. The Hall–Kier alpha value is -0.0700. The largest absolute Gasteiger partial charge is 0.269 e. The minimum Gasteiger partial charge on any atom is -0.269 e. The Morgan fingerprint density at radius 3 is 0.857 bits per heavy atom. The van der Waals surface area contributed by atoms with Crippen LogP contribution in [0, 0.1) is 5.92 Å². The van der Waals surface area contributed by atoms with Crippen molar-refractivity contribution in [1.82, 2.24) is 0 Å². The molecule has 0 aromatic carbocycles. The van der Waals surface area contributed by atoms with Crippen molar-refractivity contribution < 1.29 is 4.70 Å². The first-order valence-corrected chi connectivity index (χ1v) is 2.73. The fourth-order valence-electron chi connectivity index (χ4n) is 0.